The van der Waals surface area contributed by atoms with Crippen molar-refractivity contribution in [2.24, 2.45) is 0 Å². The molecule has 0 saturated carbocycles. The first-order valence-corrected chi connectivity index (χ1v) is 11.2. The topological polar surface area (TPSA) is 65.5 Å². The van der Waals surface area contributed by atoms with Gasteiger partial charge in [-0.25, -0.2) is 4.98 Å². The van der Waals surface area contributed by atoms with E-state index in [0.29, 0.717) is 36.2 Å². The molecule has 10 heteroatoms. The maximum atomic E-state index is 12.5. The van der Waals surface area contributed by atoms with Gasteiger partial charge >= 0.3 is 0 Å². The van der Waals surface area contributed by atoms with Gasteiger partial charge in [-0.05, 0) is 36.4 Å². The second kappa shape index (κ2) is 8.98. The van der Waals surface area contributed by atoms with E-state index < -0.39 is 5.91 Å². The van der Waals surface area contributed by atoms with Crippen LogP contribution in [-0.4, -0.2) is 54.4 Å². The Balaban J connectivity index is 1.31. The summed E-state index contributed by atoms with van der Waals surface area (Å²) in [6.07, 6.45) is 0. The van der Waals surface area contributed by atoms with Crippen molar-refractivity contribution in [2.75, 3.05) is 37.6 Å². The van der Waals surface area contributed by atoms with Crippen molar-refractivity contribution in [3.8, 4) is 0 Å². The lowest BCUT2D eigenvalue weighted by Gasteiger charge is -2.34. The molecule has 1 saturated heterocycles. The van der Waals surface area contributed by atoms with Gasteiger partial charge in [-0.3, -0.25) is 9.59 Å². The van der Waals surface area contributed by atoms with Gasteiger partial charge in [-0.15, -0.1) is 0 Å². The van der Waals surface area contributed by atoms with E-state index in [4.69, 9.17) is 34.8 Å². The lowest BCUT2D eigenvalue weighted by atomic mass is 10.2. The number of thiazole rings is 1. The van der Waals surface area contributed by atoms with E-state index in [1.807, 2.05) is 18.2 Å². The minimum atomic E-state index is -0.406. The number of rotatable bonds is 4. The maximum Gasteiger partial charge on any atom is 0.253 e. The Labute approximate surface area is 192 Å². The second-order valence-electron chi connectivity index (χ2n) is 6.78. The van der Waals surface area contributed by atoms with Crippen LogP contribution in [0.4, 0.5) is 5.13 Å². The Bertz CT molecular complexity index is 1110. The molecule has 1 aromatic heterocycles. The highest BCUT2D eigenvalue weighted by atomic mass is 35.5. The normalized spacial score (nSPS) is 14.2. The number of fused-ring (bicyclic) bond motifs is 1. The zero-order chi connectivity index (χ0) is 21.3. The number of piperazine rings is 1. The molecule has 0 atom stereocenters. The van der Waals surface area contributed by atoms with Gasteiger partial charge in [-0.1, -0.05) is 46.1 Å². The molecular formula is C20H17Cl3N4O2S. The smallest absolute Gasteiger partial charge is 0.253 e. The van der Waals surface area contributed by atoms with E-state index in [9.17, 15) is 9.59 Å². The summed E-state index contributed by atoms with van der Waals surface area (Å²) in [5, 5.41) is 4.93. The summed E-state index contributed by atoms with van der Waals surface area (Å²) in [6, 6.07) is 10.3. The summed E-state index contributed by atoms with van der Waals surface area (Å²) in [6.45, 7) is 2.39. The minimum Gasteiger partial charge on any atom is -0.345 e. The van der Waals surface area contributed by atoms with E-state index in [0.717, 1.165) is 15.3 Å². The van der Waals surface area contributed by atoms with Crippen molar-refractivity contribution in [1.29, 1.82) is 0 Å². The molecule has 1 N–H and O–H groups in total. The van der Waals surface area contributed by atoms with Crippen LogP contribution in [0.1, 0.15) is 10.4 Å². The highest BCUT2D eigenvalue weighted by Gasteiger charge is 2.23. The van der Waals surface area contributed by atoms with Gasteiger partial charge in [0.1, 0.15) is 0 Å². The zero-order valence-corrected chi connectivity index (χ0v) is 18.8. The number of hydrogen-bond acceptors (Lipinski definition) is 5. The van der Waals surface area contributed by atoms with E-state index >= 15 is 0 Å². The molecule has 2 aromatic carbocycles. The number of halogens is 3. The standard InChI is InChI=1S/C20H17Cl3N4O2S/c21-12-1-3-14(15(23)9-12)19(29)24-11-18(28)26-5-7-27(8-6-26)20-25-16-4-2-13(22)10-17(16)30-20/h1-4,9-10H,5-8,11H2,(H,24,29). The van der Waals surface area contributed by atoms with Crippen molar-refractivity contribution >= 4 is 73.3 Å². The van der Waals surface area contributed by atoms with Crippen LogP contribution in [0.15, 0.2) is 36.4 Å². The molecule has 0 spiro atoms. The fraction of sp³-hybridized carbons (Fsp3) is 0.250. The quantitative estimate of drug-likeness (QED) is 0.600. The maximum absolute atomic E-state index is 12.5. The molecule has 0 radical (unpaired) electrons. The SMILES string of the molecule is O=C(NCC(=O)N1CCN(c2nc3ccc(Cl)cc3s2)CC1)c1ccc(Cl)cc1Cl. The molecule has 1 aliphatic heterocycles. The highest BCUT2D eigenvalue weighted by molar-refractivity contribution is 7.22. The molecule has 156 valence electrons. The number of nitrogens with one attached hydrogen (secondary N) is 1. The average Bonchev–Trinajstić information content (AvgIpc) is 3.15. The van der Waals surface area contributed by atoms with Gasteiger partial charge in [0.15, 0.2) is 5.13 Å². The Morgan fingerprint density at radius 1 is 1.00 bits per heavy atom. The molecule has 0 aliphatic carbocycles. The van der Waals surface area contributed by atoms with Crippen LogP contribution in [0.2, 0.25) is 15.1 Å². The number of amides is 2. The highest BCUT2D eigenvalue weighted by Crippen LogP contribution is 2.31. The number of anilines is 1. The van der Waals surface area contributed by atoms with Crippen LogP contribution in [-0.2, 0) is 4.79 Å². The van der Waals surface area contributed by atoms with Crippen LogP contribution in [0.3, 0.4) is 0 Å². The van der Waals surface area contributed by atoms with Gasteiger partial charge in [0.2, 0.25) is 5.91 Å². The molecule has 1 aliphatic rings. The molecule has 0 bridgehead atoms. The van der Waals surface area contributed by atoms with Crippen LogP contribution in [0.5, 0.6) is 0 Å². The molecule has 6 nitrogen and oxygen atoms in total. The Kier molecular flexibility index (Phi) is 6.34. The first-order chi connectivity index (χ1) is 14.4. The summed E-state index contributed by atoms with van der Waals surface area (Å²) in [5.74, 6) is -0.541. The number of carbonyl (C=O) groups is 2. The molecule has 4 rings (SSSR count). The third kappa shape index (κ3) is 4.64. The third-order valence-electron chi connectivity index (χ3n) is 4.82. The summed E-state index contributed by atoms with van der Waals surface area (Å²) >= 11 is 19.5. The molecular weight excluding hydrogens is 467 g/mol. The minimum absolute atomic E-state index is 0.0859. The number of carbonyl (C=O) groups excluding carboxylic acids is 2. The first kappa shape index (κ1) is 21.2. The van der Waals surface area contributed by atoms with Gasteiger partial charge < -0.3 is 15.1 Å². The number of nitrogens with zero attached hydrogens (tertiary/aromatic N) is 3. The fourth-order valence-electron chi connectivity index (χ4n) is 3.21. The van der Waals surface area contributed by atoms with Gasteiger partial charge in [0.25, 0.3) is 5.91 Å². The molecule has 1 fully saturated rings. The molecule has 2 heterocycles. The summed E-state index contributed by atoms with van der Waals surface area (Å²) in [7, 11) is 0. The van der Waals surface area contributed by atoms with Crippen molar-refractivity contribution in [1.82, 2.24) is 15.2 Å². The van der Waals surface area contributed by atoms with Crippen molar-refractivity contribution in [3.05, 3.63) is 57.0 Å². The number of hydrogen-bond donors (Lipinski definition) is 1. The average molecular weight is 484 g/mol. The van der Waals surface area contributed by atoms with E-state index in [-0.39, 0.29) is 23.0 Å². The molecule has 3 aromatic rings. The fourth-order valence-corrected chi connectivity index (χ4v) is 4.99. The predicted molar refractivity (Wildman–Crippen MR) is 122 cm³/mol. The number of aromatic nitrogens is 1. The second-order valence-corrected chi connectivity index (χ2v) is 9.07. The van der Waals surface area contributed by atoms with Gasteiger partial charge in [0, 0.05) is 36.2 Å². The summed E-state index contributed by atoms with van der Waals surface area (Å²) < 4.78 is 1.04. The Morgan fingerprint density at radius 3 is 2.43 bits per heavy atom. The van der Waals surface area contributed by atoms with Crippen molar-refractivity contribution in [2.45, 2.75) is 0 Å². The lowest BCUT2D eigenvalue weighted by molar-refractivity contribution is -0.130. The Morgan fingerprint density at radius 2 is 1.70 bits per heavy atom. The van der Waals surface area contributed by atoms with Crippen LogP contribution in [0, 0.1) is 0 Å². The lowest BCUT2D eigenvalue weighted by Crippen LogP contribution is -2.51. The summed E-state index contributed by atoms with van der Waals surface area (Å²) in [5.41, 5.74) is 1.20. The van der Waals surface area contributed by atoms with Crippen LogP contribution >= 0.6 is 46.1 Å². The van der Waals surface area contributed by atoms with E-state index in [1.54, 1.807) is 22.3 Å². The Hall–Kier alpha value is -2.06. The van der Waals surface area contributed by atoms with Crippen LogP contribution in [0.25, 0.3) is 10.2 Å². The summed E-state index contributed by atoms with van der Waals surface area (Å²) in [4.78, 5) is 33.3. The van der Waals surface area contributed by atoms with Crippen molar-refractivity contribution in [3.63, 3.8) is 0 Å². The predicted octanol–water partition coefficient (Wildman–Crippen LogP) is 4.34. The largest absolute Gasteiger partial charge is 0.345 e. The molecule has 30 heavy (non-hydrogen) atoms. The molecule has 2 amide bonds. The first-order valence-electron chi connectivity index (χ1n) is 9.23. The monoisotopic (exact) mass is 482 g/mol. The van der Waals surface area contributed by atoms with Gasteiger partial charge in [-0.2, -0.15) is 0 Å². The van der Waals surface area contributed by atoms with Crippen molar-refractivity contribution < 1.29 is 9.59 Å². The van der Waals surface area contributed by atoms with E-state index in [1.165, 1.54) is 12.1 Å². The number of benzene rings is 2. The van der Waals surface area contributed by atoms with E-state index in [2.05, 4.69) is 15.2 Å². The third-order valence-corrected chi connectivity index (χ3v) is 6.68. The molecule has 0 unspecified atom stereocenters. The zero-order valence-electron chi connectivity index (χ0n) is 15.7. The van der Waals surface area contributed by atoms with Gasteiger partial charge in [0.05, 0.1) is 27.3 Å². The van der Waals surface area contributed by atoms with Crippen LogP contribution < -0.4 is 10.2 Å².